The molecule has 1 fully saturated rings. The molecule has 0 N–H and O–H groups in total. The summed E-state index contributed by atoms with van der Waals surface area (Å²) in [5.74, 6) is -0.951. The van der Waals surface area contributed by atoms with Crippen molar-refractivity contribution in [2.45, 2.75) is 31.3 Å². The van der Waals surface area contributed by atoms with Crippen LogP contribution in [-0.2, 0) is 38.0 Å². The second kappa shape index (κ2) is 8.93. The maximum atomic E-state index is 11.3. The summed E-state index contributed by atoms with van der Waals surface area (Å²) in [6.07, 6.45) is -2.05. The molecule has 1 heterocycles. The Hall–Kier alpha value is -1.22. The summed E-state index contributed by atoms with van der Waals surface area (Å²) in [6.45, 7) is 1.45. The van der Waals surface area contributed by atoms with Gasteiger partial charge in [-0.2, -0.15) is 0 Å². The molecule has 0 saturated carbocycles. The van der Waals surface area contributed by atoms with Crippen LogP contribution in [0.4, 0.5) is 0 Å². The first-order chi connectivity index (χ1) is 10.0. The number of esters is 2. The van der Waals surface area contributed by atoms with Crippen LogP contribution in [0.3, 0.4) is 0 Å². The monoisotopic (exact) mass is 306 g/mol. The maximum absolute atomic E-state index is 11.3. The molecular weight excluding hydrogens is 284 g/mol. The largest absolute Gasteiger partial charge is 0.467 e. The van der Waals surface area contributed by atoms with Crippen molar-refractivity contribution in [2.24, 2.45) is 0 Å². The fourth-order valence-corrected chi connectivity index (χ4v) is 2.11. The topological polar surface area (TPSA) is 89.5 Å². The highest BCUT2D eigenvalue weighted by atomic mass is 16.6. The third-order valence-corrected chi connectivity index (χ3v) is 3.14. The zero-order chi connectivity index (χ0) is 15.8. The van der Waals surface area contributed by atoms with Crippen molar-refractivity contribution in [3.8, 4) is 0 Å². The summed E-state index contributed by atoms with van der Waals surface area (Å²) in [5.41, 5.74) is 0. The molecule has 21 heavy (non-hydrogen) atoms. The van der Waals surface area contributed by atoms with E-state index in [1.165, 1.54) is 28.3 Å². The standard InChI is InChI=1S/C13H22O8/c1-8(14)21-13-10(5-19-7-11(15)17-3)20-6-9(16-2)12(13)18-4/h9-10,12-13H,5-7H2,1-4H3. The lowest BCUT2D eigenvalue weighted by Gasteiger charge is -2.40. The van der Waals surface area contributed by atoms with E-state index in [1.807, 2.05) is 0 Å². The fraction of sp³-hybridized carbons (Fsp3) is 0.846. The molecule has 1 rings (SSSR count). The lowest BCUT2D eigenvalue weighted by molar-refractivity contribution is -0.226. The predicted molar refractivity (Wildman–Crippen MR) is 69.7 cm³/mol. The molecule has 0 amide bonds. The van der Waals surface area contributed by atoms with E-state index in [2.05, 4.69) is 4.74 Å². The summed E-state index contributed by atoms with van der Waals surface area (Å²) in [4.78, 5) is 22.3. The summed E-state index contributed by atoms with van der Waals surface area (Å²) in [6, 6.07) is 0. The Kier molecular flexibility index (Phi) is 7.58. The zero-order valence-electron chi connectivity index (χ0n) is 12.7. The zero-order valence-corrected chi connectivity index (χ0v) is 12.7. The van der Waals surface area contributed by atoms with Crippen molar-refractivity contribution < 1.29 is 38.0 Å². The molecule has 4 unspecified atom stereocenters. The van der Waals surface area contributed by atoms with Gasteiger partial charge in [-0.05, 0) is 0 Å². The fourth-order valence-electron chi connectivity index (χ4n) is 2.11. The first-order valence-corrected chi connectivity index (χ1v) is 6.52. The Balaban J connectivity index is 2.66. The smallest absolute Gasteiger partial charge is 0.331 e. The van der Waals surface area contributed by atoms with E-state index < -0.39 is 30.3 Å². The lowest BCUT2D eigenvalue weighted by atomic mass is 10.00. The van der Waals surface area contributed by atoms with E-state index >= 15 is 0 Å². The molecule has 8 heteroatoms. The van der Waals surface area contributed by atoms with E-state index in [1.54, 1.807) is 0 Å². The molecule has 0 radical (unpaired) electrons. The second-order valence-corrected chi connectivity index (χ2v) is 4.51. The number of carbonyl (C=O) groups is 2. The molecule has 0 spiro atoms. The van der Waals surface area contributed by atoms with Gasteiger partial charge in [-0.15, -0.1) is 0 Å². The van der Waals surface area contributed by atoms with Crippen LogP contribution in [0.2, 0.25) is 0 Å². The van der Waals surface area contributed by atoms with Crippen molar-refractivity contribution in [3.63, 3.8) is 0 Å². The minimum Gasteiger partial charge on any atom is -0.467 e. The van der Waals surface area contributed by atoms with Crippen LogP contribution in [0.1, 0.15) is 6.92 Å². The predicted octanol–water partition coefficient (Wildman–Crippen LogP) is -0.463. The van der Waals surface area contributed by atoms with E-state index in [0.717, 1.165) is 0 Å². The normalized spacial score (nSPS) is 29.0. The molecule has 0 aromatic heterocycles. The number of carbonyl (C=O) groups excluding carboxylic acids is 2. The third-order valence-electron chi connectivity index (χ3n) is 3.14. The van der Waals surface area contributed by atoms with Gasteiger partial charge in [-0.1, -0.05) is 0 Å². The Morgan fingerprint density at radius 2 is 1.86 bits per heavy atom. The van der Waals surface area contributed by atoms with Crippen molar-refractivity contribution in [2.75, 3.05) is 41.2 Å². The average Bonchev–Trinajstić information content (AvgIpc) is 2.47. The average molecular weight is 306 g/mol. The highest BCUT2D eigenvalue weighted by molar-refractivity contribution is 5.70. The third kappa shape index (κ3) is 5.24. The number of hydrogen-bond donors (Lipinski definition) is 0. The van der Waals surface area contributed by atoms with Gasteiger partial charge in [0.05, 0.1) is 20.3 Å². The van der Waals surface area contributed by atoms with Crippen LogP contribution in [0, 0.1) is 0 Å². The van der Waals surface area contributed by atoms with Crippen LogP contribution in [0.15, 0.2) is 0 Å². The van der Waals surface area contributed by atoms with Gasteiger partial charge in [0.2, 0.25) is 0 Å². The SMILES string of the molecule is COC(=O)COCC1OCC(OC)C(OC)C1OC(C)=O. The first kappa shape index (κ1) is 17.8. The maximum Gasteiger partial charge on any atom is 0.331 e. The molecule has 1 aliphatic rings. The van der Waals surface area contributed by atoms with Crippen molar-refractivity contribution in [1.29, 1.82) is 0 Å². The van der Waals surface area contributed by atoms with Crippen molar-refractivity contribution in [3.05, 3.63) is 0 Å². The summed E-state index contributed by atoms with van der Waals surface area (Å²) in [7, 11) is 4.30. The summed E-state index contributed by atoms with van der Waals surface area (Å²) in [5, 5.41) is 0. The van der Waals surface area contributed by atoms with Crippen molar-refractivity contribution in [1.82, 2.24) is 0 Å². The molecule has 122 valence electrons. The molecule has 4 atom stereocenters. The van der Waals surface area contributed by atoms with E-state index in [4.69, 9.17) is 23.7 Å². The molecule has 0 aliphatic carbocycles. The molecule has 0 aromatic carbocycles. The minimum atomic E-state index is -0.677. The van der Waals surface area contributed by atoms with Gasteiger partial charge in [0.25, 0.3) is 0 Å². The Bertz CT molecular complexity index is 345. The Labute approximate surface area is 123 Å². The van der Waals surface area contributed by atoms with Gasteiger partial charge >= 0.3 is 11.9 Å². The van der Waals surface area contributed by atoms with Crippen LogP contribution in [0.25, 0.3) is 0 Å². The molecule has 0 aromatic rings. The lowest BCUT2D eigenvalue weighted by Crippen LogP contribution is -2.57. The number of ether oxygens (including phenoxy) is 6. The molecule has 8 nitrogen and oxygen atoms in total. The minimum absolute atomic E-state index is 0.0728. The van der Waals surface area contributed by atoms with Crippen LogP contribution in [-0.4, -0.2) is 77.5 Å². The van der Waals surface area contributed by atoms with Gasteiger partial charge in [-0.3, -0.25) is 4.79 Å². The van der Waals surface area contributed by atoms with Gasteiger partial charge in [0.15, 0.2) is 6.10 Å². The summed E-state index contributed by atoms with van der Waals surface area (Å²) < 4.78 is 31.1. The quantitative estimate of drug-likeness (QED) is 0.584. The number of hydrogen-bond acceptors (Lipinski definition) is 8. The van der Waals surface area contributed by atoms with Crippen LogP contribution in [0.5, 0.6) is 0 Å². The first-order valence-electron chi connectivity index (χ1n) is 6.52. The van der Waals surface area contributed by atoms with E-state index in [0.29, 0.717) is 0 Å². The Morgan fingerprint density at radius 3 is 2.38 bits per heavy atom. The van der Waals surface area contributed by atoms with Gasteiger partial charge in [0.1, 0.15) is 24.9 Å². The van der Waals surface area contributed by atoms with Gasteiger partial charge in [0, 0.05) is 21.1 Å². The second-order valence-electron chi connectivity index (χ2n) is 4.51. The molecule has 1 aliphatic heterocycles. The van der Waals surface area contributed by atoms with Crippen molar-refractivity contribution >= 4 is 11.9 Å². The molecule has 0 bridgehead atoms. The molecule has 1 saturated heterocycles. The van der Waals surface area contributed by atoms with Crippen LogP contribution >= 0.6 is 0 Å². The Morgan fingerprint density at radius 1 is 1.14 bits per heavy atom. The van der Waals surface area contributed by atoms with E-state index in [-0.39, 0.29) is 25.9 Å². The van der Waals surface area contributed by atoms with Gasteiger partial charge in [-0.25, -0.2) is 4.79 Å². The summed E-state index contributed by atoms with van der Waals surface area (Å²) >= 11 is 0. The highest BCUT2D eigenvalue weighted by Gasteiger charge is 2.43. The number of methoxy groups -OCH3 is 3. The van der Waals surface area contributed by atoms with E-state index in [9.17, 15) is 9.59 Å². The van der Waals surface area contributed by atoms with Crippen LogP contribution < -0.4 is 0 Å². The number of rotatable bonds is 7. The highest BCUT2D eigenvalue weighted by Crippen LogP contribution is 2.23. The van der Waals surface area contributed by atoms with Gasteiger partial charge < -0.3 is 28.4 Å². The molecular formula is C13H22O8.